The first-order valence-electron chi connectivity index (χ1n) is 7.59. The van der Waals surface area contributed by atoms with Crippen molar-refractivity contribution in [1.29, 1.82) is 0 Å². The highest BCUT2D eigenvalue weighted by Crippen LogP contribution is 2.20. The van der Waals surface area contributed by atoms with Gasteiger partial charge < -0.3 is 5.32 Å². The molecule has 108 valence electrons. The van der Waals surface area contributed by atoms with E-state index < -0.39 is 0 Å². The second kappa shape index (κ2) is 6.53. The van der Waals surface area contributed by atoms with Crippen molar-refractivity contribution in [3.8, 4) is 0 Å². The molecule has 1 amide bonds. The van der Waals surface area contributed by atoms with E-state index in [1.54, 1.807) is 0 Å². The largest absolute Gasteiger partial charge is 0.356 e. The molecule has 3 nitrogen and oxygen atoms in total. The fraction of sp³-hybridized carbons (Fsp3) is 0.333. The first-order valence-corrected chi connectivity index (χ1v) is 7.59. The topological polar surface area (TPSA) is 42.0 Å². The van der Waals surface area contributed by atoms with Crippen molar-refractivity contribution in [1.82, 2.24) is 10.3 Å². The Hall–Kier alpha value is -2.16. The van der Waals surface area contributed by atoms with E-state index in [1.807, 2.05) is 18.3 Å². The Morgan fingerprint density at radius 1 is 1.29 bits per heavy atom. The summed E-state index contributed by atoms with van der Waals surface area (Å²) in [5, 5.41) is 4.17. The van der Waals surface area contributed by atoms with Crippen LogP contribution in [-0.2, 0) is 11.2 Å². The minimum atomic E-state index is 0.153. The van der Waals surface area contributed by atoms with Gasteiger partial charge in [-0.25, -0.2) is 0 Å². The molecule has 1 aromatic carbocycles. The number of nitrogens with one attached hydrogen (secondary N) is 1. The number of amides is 1. The first-order chi connectivity index (χ1) is 10.3. The van der Waals surface area contributed by atoms with Crippen molar-refractivity contribution in [2.24, 2.45) is 5.92 Å². The van der Waals surface area contributed by atoms with E-state index in [0.29, 0.717) is 18.9 Å². The molecule has 0 spiro atoms. The SMILES string of the molecule is O=C(C[C@@H]1C=CCC1)NCCc1cccc2cccnc12. The van der Waals surface area contributed by atoms with Gasteiger partial charge >= 0.3 is 0 Å². The summed E-state index contributed by atoms with van der Waals surface area (Å²) in [5.74, 6) is 0.587. The normalized spacial score (nSPS) is 17.2. The lowest BCUT2D eigenvalue weighted by molar-refractivity contribution is -0.121. The maximum atomic E-state index is 11.9. The molecule has 0 aliphatic heterocycles. The summed E-state index contributed by atoms with van der Waals surface area (Å²) in [6.07, 6.45) is 9.80. The molecule has 1 N–H and O–H groups in total. The number of allylic oxidation sites excluding steroid dienone is 2. The van der Waals surface area contributed by atoms with Crippen LogP contribution in [0.2, 0.25) is 0 Å². The zero-order valence-electron chi connectivity index (χ0n) is 12.1. The number of para-hydroxylation sites is 1. The zero-order chi connectivity index (χ0) is 14.5. The monoisotopic (exact) mass is 280 g/mol. The summed E-state index contributed by atoms with van der Waals surface area (Å²) in [6.45, 7) is 0.672. The second-order valence-corrected chi connectivity index (χ2v) is 5.56. The third-order valence-electron chi connectivity index (χ3n) is 3.99. The molecular weight excluding hydrogens is 260 g/mol. The fourth-order valence-corrected chi connectivity index (χ4v) is 2.88. The average molecular weight is 280 g/mol. The van der Waals surface area contributed by atoms with Gasteiger partial charge in [0.1, 0.15) is 0 Å². The van der Waals surface area contributed by atoms with Crippen LogP contribution in [0.5, 0.6) is 0 Å². The minimum absolute atomic E-state index is 0.153. The van der Waals surface area contributed by atoms with Gasteiger partial charge in [-0.1, -0.05) is 36.4 Å². The van der Waals surface area contributed by atoms with Gasteiger partial charge in [-0.2, -0.15) is 0 Å². The lowest BCUT2D eigenvalue weighted by Crippen LogP contribution is -2.27. The Kier molecular flexibility index (Phi) is 4.29. The van der Waals surface area contributed by atoms with Gasteiger partial charge in [-0.15, -0.1) is 0 Å². The lowest BCUT2D eigenvalue weighted by atomic mass is 10.0. The number of pyridine rings is 1. The van der Waals surface area contributed by atoms with Crippen LogP contribution < -0.4 is 5.32 Å². The molecule has 0 saturated heterocycles. The highest BCUT2D eigenvalue weighted by Gasteiger charge is 2.13. The number of carbonyl (C=O) groups is 1. The average Bonchev–Trinajstić information content (AvgIpc) is 3.00. The highest BCUT2D eigenvalue weighted by molar-refractivity contribution is 5.81. The van der Waals surface area contributed by atoms with Crippen LogP contribution in [0.4, 0.5) is 0 Å². The summed E-state index contributed by atoms with van der Waals surface area (Å²) in [4.78, 5) is 16.3. The Balaban J connectivity index is 1.54. The first kappa shape index (κ1) is 13.8. The minimum Gasteiger partial charge on any atom is -0.356 e. The van der Waals surface area contributed by atoms with Gasteiger partial charge in [-0.3, -0.25) is 9.78 Å². The molecule has 0 saturated carbocycles. The Morgan fingerprint density at radius 3 is 3.05 bits per heavy atom. The van der Waals surface area contributed by atoms with Crippen molar-refractivity contribution in [3.05, 3.63) is 54.2 Å². The van der Waals surface area contributed by atoms with Gasteiger partial charge in [-0.05, 0) is 36.8 Å². The van der Waals surface area contributed by atoms with Crippen LogP contribution in [0.15, 0.2) is 48.7 Å². The maximum absolute atomic E-state index is 11.9. The van der Waals surface area contributed by atoms with Gasteiger partial charge in [0.25, 0.3) is 0 Å². The molecule has 0 radical (unpaired) electrons. The smallest absolute Gasteiger partial charge is 0.220 e. The Labute approximate surface area is 125 Å². The van der Waals surface area contributed by atoms with Gasteiger partial charge in [0, 0.05) is 24.5 Å². The van der Waals surface area contributed by atoms with Crippen LogP contribution in [0.25, 0.3) is 10.9 Å². The number of fused-ring (bicyclic) bond motifs is 1. The molecule has 1 atom stereocenters. The van der Waals surface area contributed by atoms with Crippen LogP contribution in [0, 0.1) is 5.92 Å². The van der Waals surface area contributed by atoms with Crippen molar-refractivity contribution < 1.29 is 4.79 Å². The highest BCUT2D eigenvalue weighted by atomic mass is 16.1. The lowest BCUT2D eigenvalue weighted by Gasteiger charge is -2.09. The Bertz CT molecular complexity index is 658. The molecule has 1 aromatic heterocycles. The maximum Gasteiger partial charge on any atom is 0.220 e. The van der Waals surface area contributed by atoms with Gasteiger partial charge in [0.2, 0.25) is 5.91 Å². The van der Waals surface area contributed by atoms with Crippen LogP contribution >= 0.6 is 0 Å². The molecule has 1 aliphatic carbocycles. The van der Waals surface area contributed by atoms with E-state index in [1.165, 1.54) is 5.56 Å². The number of aromatic nitrogens is 1. The number of benzene rings is 1. The van der Waals surface area contributed by atoms with E-state index in [9.17, 15) is 4.79 Å². The summed E-state index contributed by atoms with van der Waals surface area (Å²) >= 11 is 0. The third kappa shape index (κ3) is 3.48. The quantitative estimate of drug-likeness (QED) is 0.854. The number of hydrogen-bond donors (Lipinski definition) is 1. The summed E-state index contributed by atoms with van der Waals surface area (Å²) in [5.41, 5.74) is 2.22. The van der Waals surface area contributed by atoms with Gasteiger partial charge in [0.05, 0.1) is 5.52 Å². The van der Waals surface area contributed by atoms with E-state index in [0.717, 1.165) is 30.2 Å². The molecular formula is C18H20N2O. The second-order valence-electron chi connectivity index (χ2n) is 5.56. The number of nitrogens with zero attached hydrogens (tertiary/aromatic N) is 1. The van der Waals surface area contributed by atoms with Crippen LogP contribution in [0.1, 0.15) is 24.8 Å². The third-order valence-corrected chi connectivity index (χ3v) is 3.99. The summed E-state index contributed by atoms with van der Waals surface area (Å²) in [6, 6.07) is 10.2. The molecule has 0 unspecified atom stereocenters. The molecule has 3 heteroatoms. The Morgan fingerprint density at radius 2 is 2.19 bits per heavy atom. The molecule has 3 rings (SSSR count). The molecule has 1 aliphatic rings. The van der Waals surface area contributed by atoms with Crippen LogP contribution in [-0.4, -0.2) is 17.4 Å². The zero-order valence-corrected chi connectivity index (χ0v) is 12.1. The number of carbonyl (C=O) groups excluding carboxylic acids is 1. The van der Waals surface area contributed by atoms with Crippen molar-refractivity contribution in [2.75, 3.05) is 6.54 Å². The molecule has 0 fully saturated rings. The van der Waals surface area contributed by atoms with Crippen molar-refractivity contribution in [3.63, 3.8) is 0 Å². The summed E-state index contributed by atoms with van der Waals surface area (Å²) < 4.78 is 0. The van der Waals surface area contributed by atoms with Crippen molar-refractivity contribution >= 4 is 16.8 Å². The molecule has 21 heavy (non-hydrogen) atoms. The predicted molar refractivity (Wildman–Crippen MR) is 84.9 cm³/mol. The molecule has 1 heterocycles. The van der Waals surface area contributed by atoms with Gasteiger partial charge in [0.15, 0.2) is 0 Å². The summed E-state index contributed by atoms with van der Waals surface area (Å²) in [7, 11) is 0. The predicted octanol–water partition coefficient (Wildman–Crippen LogP) is 3.25. The number of rotatable bonds is 5. The fourth-order valence-electron chi connectivity index (χ4n) is 2.88. The van der Waals surface area contributed by atoms with E-state index in [-0.39, 0.29) is 5.91 Å². The van der Waals surface area contributed by atoms with Crippen LogP contribution in [0.3, 0.4) is 0 Å². The molecule has 0 bridgehead atoms. The number of hydrogen-bond acceptors (Lipinski definition) is 2. The standard InChI is InChI=1S/C18H20N2O/c21-17(13-14-5-1-2-6-14)19-12-10-16-8-3-7-15-9-4-11-20-18(15)16/h1,3-5,7-9,11,14H,2,6,10,12-13H2,(H,19,21)/t14-/m1/s1. The molecule has 2 aromatic rings. The van der Waals surface area contributed by atoms with E-state index in [2.05, 4.69) is 40.7 Å². The van der Waals surface area contributed by atoms with Crippen molar-refractivity contribution in [2.45, 2.75) is 25.7 Å². The van der Waals surface area contributed by atoms with E-state index >= 15 is 0 Å². The van der Waals surface area contributed by atoms with E-state index in [4.69, 9.17) is 0 Å².